The summed E-state index contributed by atoms with van der Waals surface area (Å²) in [5.41, 5.74) is 2.19. The van der Waals surface area contributed by atoms with Gasteiger partial charge in [-0.05, 0) is 11.1 Å². The van der Waals surface area contributed by atoms with Crippen molar-refractivity contribution in [2.24, 2.45) is 7.05 Å². The highest BCUT2D eigenvalue weighted by atomic mass is 32.2. The van der Waals surface area contributed by atoms with Gasteiger partial charge in [0.15, 0.2) is 16.3 Å². The van der Waals surface area contributed by atoms with E-state index in [-0.39, 0.29) is 17.8 Å². The summed E-state index contributed by atoms with van der Waals surface area (Å²) in [7, 11) is 1.68. The van der Waals surface area contributed by atoms with Crippen molar-refractivity contribution in [3.05, 3.63) is 92.6 Å². The summed E-state index contributed by atoms with van der Waals surface area (Å²) in [6, 6.07) is 19.5. The molecule has 4 aromatic rings. The molecule has 0 radical (unpaired) electrons. The van der Waals surface area contributed by atoms with Crippen molar-refractivity contribution < 1.29 is 0 Å². The van der Waals surface area contributed by atoms with Crippen LogP contribution in [0.5, 0.6) is 0 Å². The number of fused-ring (bicyclic) bond motifs is 1. The van der Waals surface area contributed by atoms with E-state index in [9.17, 15) is 9.59 Å². The molecule has 0 saturated heterocycles. The highest BCUT2D eigenvalue weighted by Gasteiger charge is 2.21. The second-order valence-electron chi connectivity index (χ2n) is 7.52. The van der Waals surface area contributed by atoms with E-state index in [0.717, 1.165) is 16.3 Å². The average molecular weight is 421 g/mol. The van der Waals surface area contributed by atoms with Gasteiger partial charge in [0.2, 0.25) is 0 Å². The summed E-state index contributed by atoms with van der Waals surface area (Å²) in [5, 5.41) is 1.04. The Morgan fingerprint density at radius 1 is 0.867 bits per heavy atom. The number of benzene rings is 2. The Bertz CT molecular complexity index is 1290. The van der Waals surface area contributed by atoms with Gasteiger partial charge in [0, 0.05) is 12.3 Å². The number of nitrogens with zero attached hydrogens (tertiary/aromatic N) is 4. The van der Waals surface area contributed by atoms with E-state index < -0.39 is 0 Å². The van der Waals surface area contributed by atoms with Crippen molar-refractivity contribution in [3.63, 3.8) is 0 Å². The van der Waals surface area contributed by atoms with Crippen LogP contribution in [0, 0.1) is 0 Å². The Labute approximate surface area is 178 Å². The molecule has 154 valence electrons. The zero-order valence-electron chi connectivity index (χ0n) is 17.3. The molecule has 0 unspecified atom stereocenters. The molecule has 0 bridgehead atoms. The molecule has 0 aliphatic carbocycles. The van der Waals surface area contributed by atoms with Crippen LogP contribution in [0.4, 0.5) is 0 Å². The van der Waals surface area contributed by atoms with Gasteiger partial charge in [-0.3, -0.25) is 13.9 Å². The van der Waals surface area contributed by atoms with E-state index in [2.05, 4.69) is 13.8 Å². The minimum absolute atomic E-state index is 0.228. The number of aromatic nitrogens is 4. The lowest BCUT2D eigenvalue weighted by Gasteiger charge is -2.12. The van der Waals surface area contributed by atoms with Crippen LogP contribution < -0.4 is 11.2 Å². The molecule has 0 N–H and O–H groups in total. The van der Waals surface area contributed by atoms with Gasteiger partial charge < -0.3 is 4.57 Å². The number of hydrogen-bond donors (Lipinski definition) is 0. The SMILES string of the molecule is CC(C)Sc1nc2c(c(=O)n(Cc3ccccc3)c(=O)n2C)n1Cc1ccccc1. The Balaban J connectivity index is 1.95. The van der Waals surface area contributed by atoms with Crippen LogP contribution in [0.3, 0.4) is 0 Å². The lowest BCUT2D eigenvalue weighted by atomic mass is 10.2. The summed E-state index contributed by atoms with van der Waals surface area (Å²) in [6.45, 7) is 4.92. The molecule has 0 amide bonds. The fraction of sp³-hybridized carbons (Fsp3) is 0.261. The Kier molecular flexibility index (Phi) is 5.63. The zero-order valence-corrected chi connectivity index (χ0v) is 18.1. The van der Waals surface area contributed by atoms with E-state index in [1.54, 1.807) is 18.8 Å². The van der Waals surface area contributed by atoms with E-state index in [1.165, 1.54) is 9.13 Å². The highest BCUT2D eigenvalue weighted by Crippen LogP contribution is 2.26. The molecule has 2 heterocycles. The van der Waals surface area contributed by atoms with Gasteiger partial charge in [0.25, 0.3) is 5.56 Å². The Hall–Kier alpha value is -3.06. The summed E-state index contributed by atoms with van der Waals surface area (Å²) in [5.74, 6) is 0. The van der Waals surface area contributed by atoms with Crippen molar-refractivity contribution in [1.29, 1.82) is 0 Å². The van der Waals surface area contributed by atoms with Gasteiger partial charge in [0.05, 0.1) is 13.1 Å². The molecule has 30 heavy (non-hydrogen) atoms. The summed E-state index contributed by atoms with van der Waals surface area (Å²) in [4.78, 5) is 31.2. The van der Waals surface area contributed by atoms with Crippen LogP contribution >= 0.6 is 11.8 Å². The first-order valence-corrected chi connectivity index (χ1v) is 10.8. The smallest absolute Gasteiger partial charge is 0.309 e. The first kappa shape index (κ1) is 20.2. The number of aryl methyl sites for hydroxylation is 1. The third-order valence-corrected chi connectivity index (χ3v) is 5.90. The van der Waals surface area contributed by atoms with Crippen LogP contribution in [0.15, 0.2) is 75.4 Å². The van der Waals surface area contributed by atoms with Crippen LogP contribution in [-0.2, 0) is 20.1 Å². The van der Waals surface area contributed by atoms with Crippen LogP contribution in [0.1, 0.15) is 25.0 Å². The van der Waals surface area contributed by atoms with Gasteiger partial charge >= 0.3 is 5.69 Å². The molecule has 2 aromatic carbocycles. The molecular formula is C23H24N4O2S. The molecule has 0 spiro atoms. The quantitative estimate of drug-likeness (QED) is 0.448. The molecule has 0 fully saturated rings. The number of thioether (sulfide) groups is 1. The molecule has 4 rings (SSSR count). The average Bonchev–Trinajstić information content (AvgIpc) is 3.08. The predicted molar refractivity (Wildman–Crippen MR) is 121 cm³/mol. The maximum atomic E-state index is 13.5. The first-order valence-electron chi connectivity index (χ1n) is 9.90. The maximum absolute atomic E-state index is 13.5. The molecule has 0 aliphatic rings. The highest BCUT2D eigenvalue weighted by molar-refractivity contribution is 7.99. The van der Waals surface area contributed by atoms with Crippen molar-refractivity contribution >= 4 is 22.9 Å². The molecule has 6 nitrogen and oxygen atoms in total. The van der Waals surface area contributed by atoms with Crippen molar-refractivity contribution in [1.82, 2.24) is 18.7 Å². The monoisotopic (exact) mass is 420 g/mol. The molecule has 0 saturated carbocycles. The molecule has 2 aromatic heterocycles. The number of hydrogen-bond acceptors (Lipinski definition) is 4. The lowest BCUT2D eigenvalue weighted by molar-refractivity contribution is 0.651. The van der Waals surface area contributed by atoms with Gasteiger partial charge in [-0.1, -0.05) is 86.3 Å². The summed E-state index contributed by atoms with van der Waals surface area (Å²) in [6.07, 6.45) is 0. The zero-order chi connectivity index (χ0) is 21.3. The number of rotatable bonds is 6. The largest absolute Gasteiger partial charge is 0.332 e. The Morgan fingerprint density at radius 3 is 1.93 bits per heavy atom. The third-order valence-electron chi connectivity index (χ3n) is 4.91. The van der Waals surface area contributed by atoms with Crippen LogP contribution in [-0.4, -0.2) is 23.9 Å². The summed E-state index contributed by atoms with van der Waals surface area (Å²) >= 11 is 1.59. The summed E-state index contributed by atoms with van der Waals surface area (Å²) < 4.78 is 4.72. The molecular weight excluding hydrogens is 396 g/mol. The first-order chi connectivity index (χ1) is 14.5. The van der Waals surface area contributed by atoms with E-state index in [1.807, 2.05) is 65.2 Å². The second kappa shape index (κ2) is 8.36. The van der Waals surface area contributed by atoms with Gasteiger partial charge in [-0.25, -0.2) is 9.78 Å². The van der Waals surface area contributed by atoms with Crippen LogP contribution in [0.2, 0.25) is 0 Å². The van der Waals surface area contributed by atoms with Gasteiger partial charge in [0.1, 0.15) is 0 Å². The van der Waals surface area contributed by atoms with Crippen molar-refractivity contribution in [2.45, 2.75) is 37.3 Å². The fourth-order valence-electron chi connectivity index (χ4n) is 3.47. The van der Waals surface area contributed by atoms with E-state index in [0.29, 0.717) is 23.0 Å². The second-order valence-corrected chi connectivity index (χ2v) is 9.07. The fourth-order valence-corrected chi connectivity index (χ4v) is 4.31. The molecule has 0 atom stereocenters. The van der Waals surface area contributed by atoms with Crippen molar-refractivity contribution in [2.75, 3.05) is 0 Å². The van der Waals surface area contributed by atoms with Gasteiger partial charge in [-0.2, -0.15) is 0 Å². The number of imidazole rings is 1. The molecule has 7 heteroatoms. The van der Waals surface area contributed by atoms with Gasteiger partial charge in [-0.15, -0.1) is 0 Å². The standard InChI is InChI=1S/C23H24N4O2S/c1-16(2)30-22-24-20-19(26(22)14-17-10-6-4-7-11-17)21(28)27(23(29)25(20)3)15-18-12-8-5-9-13-18/h4-13,16H,14-15H2,1-3H3. The topological polar surface area (TPSA) is 61.8 Å². The maximum Gasteiger partial charge on any atom is 0.332 e. The van der Waals surface area contributed by atoms with E-state index in [4.69, 9.17) is 4.98 Å². The van der Waals surface area contributed by atoms with Crippen molar-refractivity contribution in [3.8, 4) is 0 Å². The Morgan fingerprint density at radius 2 is 1.40 bits per heavy atom. The van der Waals surface area contributed by atoms with E-state index >= 15 is 0 Å². The van der Waals surface area contributed by atoms with Crippen LogP contribution in [0.25, 0.3) is 11.2 Å². The third kappa shape index (κ3) is 3.85. The minimum atomic E-state index is -0.359. The minimum Gasteiger partial charge on any atom is -0.309 e. The normalized spacial score (nSPS) is 11.5. The predicted octanol–water partition coefficient (Wildman–Crippen LogP) is 3.49. The molecule has 0 aliphatic heterocycles. The lowest BCUT2D eigenvalue weighted by Crippen LogP contribution is -2.40.